The van der Waals surface area contributed by atoms with Gasteiger partial charge in [-0.3, -0.25) is 9.25 Å². The number of anilines is 1. The monoisotopic (exact) mass is 235 g/mol. The zero-order valence-electron chi connectivity index (χ0n) is 11.3. The average Bonchev–Trinajstić information content (AvgIpc) is 2.77. The Bertz CT molecular complexity index is 545. The Morgan fingerprint density at radius 1 is 1.29 bits per heavy atom. The van der Waals surface area contributed by atoms with Crippen molar-refractivity contribution in [3.8, 4) is 0 Å². The highest BCUT2D eigenvalue weighted by Crippen LogP contribution is 2.32. The van der Waals surface area contributed by atoms with Crippen molar-refractivity contribution in [2.45, 2.75) is 46.1 Å². The summed E-state index contributed by atoms with van der Waals surface area (Å²) in [4.78, 5) is 4.45. The van der Waals surface area contributed by atoms with Crippen molar-refractivity contribution in [2.24, 2.45) is 7.05 Å². The minimum Gasteiger partial charge on any atom is -0.369 e. The lowest BCUT2D eigenvalue weighted by Crippen LogP contribution is -2.30. The lowest BCUT2D eigenvalue weighted by atomic mass is 9.95. The van der Waals surface area contributed by atoms with Crippen LogP contribution in [0.1, 0.15) is 39.3 Å². The molecule has 2 aromatic heterocycles. The molecule has 0 unspecified atom stereocenters. The maximum atomic E-state index is 6.08. The Hall–Kier alpha value is -1.52. The van der Waals surface area contributed by atoms with E-state index in [1.807, 2.05) is 18.7 Å². The Morgan fingerprint density at radius 3 is 2.41 bits per heavy atom. The van der Waals surface area contributed by atoms with Gasteiger partial charge in [-0.15, -0.1) is 0 Å². The second-order valence-corrected chi connectivity index (χ2v) is 4.89. The molecule has 2 heterocycles. The van der Waals surface area contributed by atoms with Crippen LogP contribution >= 0.6 is 0 Å². The van der Waals surface area contributed by atoms with Crippen LogP contribution in [0.15, 0.2) is 0 Å². The standard InChI is InChI=1S/C12H21N5/c1-6-12(4,7-2)17-10-9(14-11(17)13)8(3)15-16(10)5/h6-7H2,1-5H3,(H2,13,14). The summed E-state index contributed by atoms with van der Waals surface area (Å²) in [6, 6.07) is 0. The van der Waals surface area contributed by atoms with Crippen LogP contribution in [0.5, 0.6) is 0 Å². The van der Waals surface area contributed by atoms with Crippen molar-refractivity contribution in [2.75, 3.05) is 5.73 Å². The molecular formula is C12H21N5. The van der Waals surface area contributed by atoms with Crippen molar-refractivity contribution >= 4 is 17.1 Å². The van der Waals surface area contributed by atoms with Gasteiger partial charge in [-0.05, 0) is 26.7 Å². The highest BCUT2D eigenvalue weighted by Gasteiger charge is 2.29. The molecule has 2 N–H and O–H groups in total. The SMILES string of the molecule is CCC(C)(CC)n1c(N)nc2c(C)nn(C)c21. The Balaban J connectivity index is 2.80. The second-order valence-electron chi connectivity index (χ2n) is 4.89. The smallest absolute Gasteiger partial charge is 0.203 e. The van der Waals surface area contributed by atoms with E-state index in [0.29, 0.717) is 5.95 Å². The van der Waals surface area contributed by atoms with Gasteiger partial charge in [0.25, 0.3) is 0 Å². The Morgan fingerprint density at radius 2 is 1.88 bits per heavy atom. The number of hydrogen-bond acceptors (Lipinski definition) is 3. The maximum absolute atomic E-state index is 6.08. The van der Waals surface area contributed by atoms with E-state index < -0.39 is 0 Å². The number of fused-ring (bicyclic) bond motifs is 1. The van der Waals surface area contributed by atoms with Crippen molar-refractivity contribution in [1.82, 2.24) is 19.3 Å². The fraction of sp³-hybridized carbons (Fsp3) is 0.667. The van der Waals surface area contributed by atoms with Crippen molar-refractivity contribution < 1.29 is 0 Å². The van der Waals surface area contributed by atoms with Crippen LogP contribution in [0, 0.1) is 6.92 Å². The normalized spacial score (nSPS) is 12.5. The third-order valence-electron chi connectivity index (χ3n) is 3.89. The minimum atomic E-state index is -0.000926. The van der Waals surface area contributed by atoms with E-state index in [2.05, 4.69) is 35.4 Å². The van der Waals surface area contributed by atoms with Gasteiger partial charge in [-0.25, -0.2) is 4.98 Å². The van der Waals surface area contributed by atoms with Gasteiger partial charge < -0.3 is 5.73 Å². The number of aromatic nitrogens is 4. The van der Waals surface area contributed by atoms with Gasteiger partial charge in [0.2, 0.25) is 5.95 Å². The highest BCUT2D eigenvalue weighted by atomic mass is 15.4. The van der Waals surface area contributed by atoms with Crippen LogP contribution in [0.4, 0.5) is 5.95 Å². The van der Waals surface area contributed by atoms with E-state index in [0.717, 1.165) is 29.7 Å². The summed E-state index contributed by atoms with van der Waals surface area (Å²) < 4.78 is 4.00. The second kappa shape index (κ2) is 3.75. The average molecular weight is 235 g/mol. The molecule has 17 heavy (non-hydrogen) atoms. The minimum absolute atomic E-state index is 0.000926. The molecule has 5 nitrogen and oxygen atoms in total. The van der Waals surface area contributed by atoms with Crippen molar-refractivity contribution in [1.29, 1.82) is 0 Å². The molecule has 0 aliphatic rings. The molecule has 0 aliphatic carbocycles. The molecule has 0 atom stereocenters. The van der Waals surface area contributed by atoms with E-state index in [1.165, 1.54) is 0 Å². The van der Waals surface area contributed by atoms with Gasteiger partial charge in [-0.2, -0.15) is 5.10 Å². The zero-order valence-corrected chi connectivity index (χ0v) is 11.3. The van der Waals surface area contributed by atoms with Gasteiger partial charge in [-0.1, -0.05) is 13.8 Å². The largest absolute Gasteiger partial charge is 0.369 e. The predicted molar refractivity (Wildman–Crippen MR) is 69.9 cm³/mol. The third-order valence-corrected chi connectivity index (χ3v) is 3.89. The number of aryl methyl sites for hydroxylation is 2. The lowest BCUT2D eigenvalue weighted by Gasteiger charge is -2.30. The van der Waals surface area contributed by atoms with Crippen LogP contribution < -0.4 is 5.73 Å². The van der Waals surface area contributed by atoms with Crippen molar-refractivity contribution in [3.05, 3.63) is 5.69 Å². The molecule has 0 spiro atoms. The molecule has 5 heteroatoms. The molecule has 0 bridgehead atoms. The first-order valence-corrected chi connectivity index (χ1v) is 6.12. The summed E-state index contributed by atoms with van der Waals surface area (Å²) in [6.07, 6.45) is 2.03. The molecule has 0 radical (unpaired) electrons. The molecule has 0 saturated carbocycles. The van der Waals surface area contributed by atoms with E-state index >= 15 is 0 Å². The summed E-state index contributed by atoms with van der Waals surface area (Å²) in [5, 5.41) is 4.41. The maximum Gasteiger partial charge on any atom is 0.203 e. The highest BCUT2D eigenvalue weighted by molar-refractivity contribution is 5.77. The zero-order chi connectivity index (χ0) is 12.8. The Kier molecular flexibility index (Phi) is 2.64. The molecule has 0 aromatic carbocycles. The molecule has 2 rings (SSSR count). The van der Waals surface area contributed by atoms with Gasteiger partial charge in [0.1, 0.15) is 5.52 Å². The summed E-state index contributed by atoms with van der Waals surface area (Å²) in [7, 11) is 1.94. The van der Waals surface area contributed by atoms with Gasteiger partial charge in [0.05, 0.1) is 5.69 Å². The first-order chi connectivity index (χ1) is 7.94. The van der Waals surface area contributed by atoms with Crippen LogP contribution in [0.2, 0.25) is 0 Å². The molecule has 2 aromatic rings. The number of rotatable bonds is 3. The van der Waals surface area contributed by atoms with Gasteiger partial charge in [0, 0.05) is 12.6 Å². The van der Waals surface area contributed by atoms with E-state index in [9.17, 15) is 0 Å². The first kappa shape index (κ1) is 12.0. The summed E-state index contributed by atoms with van der Waals surface area (Å²) in [6.45, 7) is 8.54. The molecule has 0 saturated heterocycles. The number of nitrogen functional groups attached to an aromatic ring is 1. The van der Waals surface area contributed by atoms with Crippen LogP contribution in [-0.4, -0.2) is 19.3 Å². The molecule has 0 amide bonds. The fourth-order valence-electron chi connectivity index (χ4n) is 2.39. The van der Waals surface area contributed by atoms with Gasteiger partial charge >= 0.3 is 0 Å². The predicted octanol–water partition coefficient (Wildman–Crippen LogP) is 2.20. The molecule has 0 fully saturated rings. The van der Waals surface area contributed by atoms with Gasteiger partial charge in [0.15, 0.2) is 5.65 Å². The number of nitrogens with zero attached hydrogens (tertiary/aromatic N) is 4. The van der Waals surface area contributed by atoms with Crippen molar-refractivity contribution in [3.63, 3.8) is 0 Å². The number of hydrogen-bond donors (Lipinski definition) is 1. The summed E-state index contributed by atoms with van der Waals surface area (Å²) in [5.74, 6) is 0.585. The summed E-state index contributed by atoms with van der Waals surface area (Å²) in [5.41, 5.74) is 8.95. The van der Waals surface area contributed by atoms with E-state index in [1.54, 1.807) is 0 Å². The number of nitrogens with two attached hydrogens (primary N) is 1. The molecular weight excluding hydrogens is 214 g/mol. The molecule has 0 aliphatic heterocycles. The topological polar surface area (TPSA) is 61.7 Å². The number of imidazole rings is 1. The lowest BCUT2D eigenvalue weighted by molar-refractivity contribution is 0.303. The van der Waals surface area contributed by atoms with E-state index in [4.69, 9.17) is 5.73 Å². The van der Waals surface area contributed by atoms with E-state index in [-0.39, 0.29) is 5.54 Å². The fourth-order valence-corrected chi connectivity index (χ4v) is 2.39. The first-order valence-electron chi connectivity index (χ1n) is 6.12. The summed E-state index contributed by atoms with van der Waals surface area (Å²) >= 11 is 0. The third kappa shape index (κ3) is 1.52. The molecule has 94 valence electrons. The Labute approximate surface area is 102 Å². The van der Waals surface area contributed by atoms with Crippen LogP contribution in [0.25, 0.3) is 11.2 Å². The van der Waals surface area contributed by atoms with Crippen LogP contribution in [-0.2, 0) is 12.6 Å². The quantitative estimate of drug-likeness (QED) is 0.887. The van der Waals surface area contributed by atoms with Crippen LogP contribution in [0.3, 0.4) is 0 Å².